The summed E-state index contributed by atoms with van der Waals surface area (Å²) in [4.78, 5) is 4.15. The molecule has 0 aliphatic rings. The van der Waals surface area contributed by atoms with Crippen LogP contribution in [0.2, 0.25) is 0 Å². The van der Waals surface area contributed by atoms with Crippen molar-refractivity contribution in [1.29, 1.82) is 5.26 Å². The SMILES string of the molecule is COc1ccc(OC(C)CNc2ccc(C#N)cn2)cc1. The van der Waals surface area contributed by atoms with Crippen LogP contribution in [0.15, 0.2) is 42.6 Å². The molecule has 1 aromatic heterocycles. The molecular formula is C16H17N3O2. The van der Waals surface area contributed by atoms with E-state index in [2.05, 4.69) is 10.3 Å². The van der Waals surface area contributed by atoms with Gasteiger partial charge in [-0.1, -0.05) is 0 Å². The summed E-state index contributed by atoms with van der Waals surface area (Å²) >= 11 is 0. The largest absolute Gasteiger partial charge is 0.497 e. The Bertz CT molecular complexity index is 603. The number of rotatable bonds is 6. The maximum absolute atomic E-state index is 8.71. The normalized spacial score (nSPS) is 11.3. The van der Waals surface area contributed by atoms with Gasteiger partial charge in [0.1, 0.15) is 29.5 Å². The number of anilines is 1. The third-order valence-electron chi connectivity index (χ3n) is 2.86. The molecule has 0 aliphatic carbocycles. The first-order valence-corrected chi connectivity index (χ1v) is 6.62. The topological polar surface area (TPSA) is 67.2 Å². The summed E-state index contributed by atoms with van der Waals surface area (Å²) in [5.74, 6) is 2.31. The second-order valence-corrected chi connectivity index (χ2v) is 4.53. The number of benzene rings is 1. The van der Waals surface area contributed by atoms with Gasteiger partial charge in [-0.3, -0.25) is 0 Å². The summed E-state index contributed by atoms with van der Waals surface area (Å²) in [6, 6.07) is 13.0. The summed E-state index contributed by atoms with van der Waals surface area (Å²) in [5.41, 5.74) is 0.545. The van der Waals surface area contributed by atoms with Crippen molar-refractivity contribution in [1.82, 2.24) is 4.98 Å². The third-order valence-corrected chi connectivity index (χ3v) is 2.86. The Morgan fingerprint density at radius 3 is 2.48 bits per heavy atom. The number of hydrogen-bond acceptors (Lipinski definition) is 5. The van der Waals surface area contributed by atoms with Gasteiger partial charge < -0.3 is 14.8 Å². The Balaban J connectivity index is 1.83. The molecule has 1 unspecified atom stereocenters. The van der Waals surface area contributed by atoms with Gasteiger partial charge in [0.2, 0.25) is 0 Å². The minimum Gasteiger partial charge on any atom is -0.497 e. The van der Waals surface area contributed by atoms with Crippen molar-refractivity contribution in [3.05, 3.63) is 48.2 Å². The van der Waals surface area contributed by atoms with E-state index in [1.807, 2.05) is 37.3 Å². The zero-order valence-corrected chi connectivity index (χ0v) is 12.0. The van der Waals surface area contributed by atoms with Crippen molar-refractivity contribution in [2.75, 3.05) is 19.0 Å². The predicted molar refractivity (Wildman–Crippen MR) is 80.5 cm³/mol. The molecule has 21 heavy (non-hydrogen) atoms. The average molecular weight is 283 g/mol. The minimum atomic E-state index is -0.0177. The van der Waals surface area contributed by atoms with Gasteiger partial charge in [0, 0.05) is 6.20 Å². The van der Waals surface area contributed by atoms with Crippen LogP contribution in [0.1, 0.15) is 12.5 Å². The number of hydrogen-bond donors (Lipinski definition) is 1. The molecule has 0 saturated carbocycles. The number of nitrogens with one attached hydrogen (secondary N) is 1. The Hall–Kier alpha value is -2.74. The van der Waals surface area contributed by atoms with Crippen molar-refractivity contribution in [2.45, 2.75) is 13.0 Å². The number of ether oxygens (including phenoxy) is 2. The molecule has 1 N–H and O–H groups in total. The fourth-order valence-corrected chi connectivity index (χ4v) is 1.74. The minimum absolute atomic E-state index is 0.0177. The number of pyridine rings is 1. The maximum atomic E-state index is 8.71. The quantitative estimate of drug-likeness (QED) is 0.883. The van der Waals surface area contributed by atoms with E-state index in [0.717, 1.165) is 17.3 Å². The van der Waals surface area contributed by atoms with E-state index in [4.69, 9.17) is 14.7 Å². The van der Waals surface area contributed by atoms with Gasteiger partial charge in [0.05, 0.1) is 19.2 Å². The van der Waals surface area contributed by atoms with Crippen molar-refractivity contribution in [3.63, 3.8) is 0 Å². The number of aromatic nitrogens is 1. The smallest absolute Gasteiger partial charge is 0.126 e. The monoisotopic (exact) mass is 283 g/mol. The fraction of sp³-hybridized carbons (Fsp3) is 0.250. The Morgan fingerprint density at radius 2 is 1.90 bits per heavy atom. The first kappa shape index (κ1) is 14.7. The van der Waals surface area contributed by atoms with Crippen molar-refractivity contribution in [3.8, 4) is 17.6 Å². The van der Waals surface area contributed by atoms with E-state index < -0.39 is 0 Å². The van der Waals surface area contributed by atoms with Gasteiger partial charge >= 0.3 is 0 Å². The zero-order valence-electron chi connectivity index (χ0n) is 12.0. The molecular weight excluding hydrogens is 266 g/mol. The van der Waals surface area contributed by atoms with Gasteiger partial charge in [-0.05, 0) is 43.3 Å². The maximum Gasteiger partial charge on any atom is 0.126 e. The van der Waals surface area contributed by atoms with Crippen molar-refractivity contribution >= 4 is 5.82 Å². The van der Waals surface area contributed by atoms with Gasteiger partial charge in [0.25, 0.3) is 0 Å². The number of nitrogens with zero attached hydrogens (tertiary/aromatic N) is 2. The van der Waals surface area contributed by atoms with Gasteiger partial charge in [0.15, 0.2) is 0 Å². The second-order valence-electron chi connectivity index (χ2n) is 4.53. The number of nitriles is 1. The lowest BCUT2D eigenvalue weighted by molar-refractivity contribution is 0.234. The van der Waals surface area contributed by atoms with E-state index in [9.17, 15) is 0 Å². The van der Waals surface area contributed by atoms with Crippen LogP contribution in [-0.4, -0.2) is 24.7 Å². The third kappa shape index (κ3) is 4.39. The van der Waals surface area contributed by atoms with Crippen LogP contribution < -0.4 is 14.8 Å². The molecule has 1 aromatic carbocycles. The number of methoxy groups -OCH3 is 1. The first-order valence-electron chi connectivity index (χ1n) is 6.62. The molecule has 0 bridgehead atoms. The van der Waals surface area contributed by atoms with Gasteiger partial charge in [-0.15, -0.1) is 0 Å². The average Bonchev–Trinajstić information content (AvgIpc) is 2.54. The van der Waals surface area contributed by atoms with E-state index in [0.29, 0.717) is 12.1 Å². The molecule has 5 nitrogen and oxygen atoms in total. The highest BCUT2D eigenvalue weighted by Gasteiger charge is 2.05. The molecule has 0 amide bonds. The van der Waals surface area contributed by atoms with E-state index >= 15 is 0 Å². The molecule has 0 aliphatic heterocycles. The summed E-state index contributed by atoms with van der Waals surface area (Å²) in [6.45, 7) is 2.59. The second kappa shape index (κ2) is 7.15. The molecule has 2 rings (SSSR count). The lowest BCUT2D eigenvalue weighted by Crippen LogP contribution is -2.23. The Kier molecular flexibility index (Phi) is 4.99. The summed E-state index contributed by atoms with van der Waals surface area (Å²) < 4.78 is 10.9. The zero-order chi connectivity index (χ0) is 15.1. The van der Waals surface area contributed by atoms with E-state index in [1.54, 1.807) is 19.2 Å². The highest BCUT2D eigenvalue weighted by atomic mass is 16.5. The molecule has 0 radical (unpaired) electrons. The van der Waals surface area contributed by atoms with Crippen molar-refractivity contribution in [2.24, 2.45) is 0 Å². The van der Waals surface area contributed by atoms with Crippen LogP contribution in [0.4, 0.5) is 5.82 Å². The van der Waals surface area contributed by atoms with Crippen LogP contribution in [0.25, 0.3) is 0 Å². The fourth-order valence-electron chi connectivity index (χ4n) is 1.74. The van der Waals surface area contributed by atoms with Crippen LogP contribution in [0.5, 0.6) is 11.5 Å². The highest BCUT2D eigenvalue weighted by molar-refractivity contribution is 5.39. The Labute approximate surface area is 124 Å². The van der Waals surface area contributed by atoms with Gasteiger partial charge in [-0.25, -0.2) is 4.98 Å². The van der Waals surface area contributed by atoms with Crippen LogP contribution >= 0.6 is 0 Å². The Morgan fingerprint density at radius 1 is 1.19 bits per heavy atom. The summed E-state index contributed by atoms with van der Waals surface area (Å²) in [7, 11) is 1.63. The van der Waals surface area contributed by atoms with Crippen LogP contribution in [-0.2, 0) is 0 Å². The van der Waals surface area contributed by atoms with Gasteiger partial charge in [-0.2, -0.15) is 5.26 Å². The predicted octanol–water partition coefficient (Wildman–Crippen LogP) is 2.84. The van der Waals surface area contributed by atoms with Crippen LogP contribution in [0.3, 0.4) is 0 Å². The molecule has 1 heterocycles. The van der Waals surface area contributed by atoms with Crippen LogP contribution in [0, 0.1) is 11.3 Å². The standard InChI is InChI=1S/C16H17N3O2/c1-12(21-15-6-4-14(20-2)5-7-15)10-18-16-8-3-13(9-17)11-19-16/h3-8,11-12H,10H2,1-2H3,(H,18,19). The molecule has 5 heteroatoms. The molecule has 108 valence electrons. The first-order chi connectivity index (χ1) is 10.2. The molecule has 0 saturated heterocycles. The molecule has 0 fully saturated rings. The van der Waals surface area contributed by atoms with Crippen molar-refractivity contribution < 1.29 is 9.47 Å². The van der Waals surface area contributed by atoms with E-state index in [-0.39, 0.29) is 6.10 Å². The summed E-state index contributed by atoms with van der Waals surface area (Å²) in [6.07, 6.45) is 1.52. The lowest BCUT2D eigenvalue weighted by Gasteiger charge is -2.16. The molecule has 2 aromatic rings. The van der Waals surface area contributed by atoms with E-state index in [1.165, 1.54) is 6.20 Å². The lowest BCUT2D eigenvalue weighted by atomic mass is 10.3. The molecule has 1 atom stereocenters. The highest BCUT2D eigenvalue weighted by Crippen LogP contribution is 2.18. The summed E-state index contributed by atoms with van der Waals surface area (Å²) in [5, 5.41) is 11.9. The molecule has 0 spiro atoms.